The van der Waals surface area contributed by atoms with E-state index in [4.69, 9.17) is 9.47 Å². The van der Waals surface area contributed by atoms with Gasteiger partial charge in [0.2, 0.25) is 5.91 Å². The van der Waals surface area contributed by atoms with Crippen molar-refractivity contribution in [3.05, 3.63) is 29.8 Å². The third kappa shape index (κ3) is 7.33. The Labute approximate surface area is 173 Å². The molecule has 3 rings (SSSR count). The molecule has 1 saturated heterocycles. The van der Waals surface area contributed by atoms with E-state index in [1.165, 1.54) is 0 Å². The number of nitrogens with zero attached hydrogens (tertiary/aromatic N) is 1. The van der Waals surface area contributed by atoms with E-state index in [9.17, 15) is 4.79 Å². The first-order chi connectivity index (χ1) is 14.2. The second-order valence-electron chi connectivity index (χ2n) is 7.73. The molecular formula is C22H34N4O3. The van der Waals surface area contributed by atoms with Gasteiger partial charge in [-0.1, -0.05) is 25.0 Å². The van der Waals surface area contributed by atoms with Crippen molar-refractivity contribution in [1.29, 1.82) is 0 Å². The van der Waals surface area contributed by atoms with Crippen LogP contribution in [-0.2, 0) is 20.8 Å². The Morgan fingerprint density at radius 1 is 1.24 bits per heavy atom. The maximum Gasteiger partial charge on any atom is 0.227 e. The molecule has 1 aliphatic carbocycles. The summed E-state index contributed by atoms with van der Waals surface area (Å²) < 4.78 is 11.1. The number of amides is 1. The van der Waals surface area contributed by atoms with Gasteiger partial charge in [0.25, 0.3) is 0 Å². The van der Waals surface area contributed by atoms with Crippen molar-refractivity contribution in [2.24, 2.45) is 10.9 Å². The number of carbonyl (C=O) groups is 1. The molecule has 7 heteroatoms. The molecule has 2 fully saturated rings. The summed E-state index contributed by atoms with van der Waals surface area (Å²) in [6, 6.07) is 7.98. The van der Waals surface area contributed by atoms with Crippen molar-refractivity contribution in [2.75, 3.05) is 38.7 Å². The summed E-state index contributed by atoms with van der Waals surface area (Å²) >= 11 is 0. The first-order valence-electron chi connectivity index (χ1n) is 10.8. The average Bonchev–Trinajstić information content (AvgIpc) is 3.44. The van der Waals surface area contributed by atoms with Crippen molar-refractivity contribution in [3.63, 3.8) is 0 Å². The Hall–Kier alpha value is -2.12. The summed E-state index contributed by atoms with van der Waals surface area (Å²) in [5.74, 6) is 1.08. The minimum absolute atomic E-state index is 0.150. The molecule has 29 heavy (non-hydrogen) atoms. The van der Waals surface area contributed by atoms with Gasteiger partial charge in [0.05, 0.1) is 12.7 Å². The van der Waals surface area contributed by atoms with E-state index in [1.54, 1.807) is 7.05 Å². The van der Waals surface area contributed by atoms with Crippen LogP contribution in [-0.4, -0.2) is 51.4 Å². The minimum atomic E-state index is 0.150. The highest BCUT2D eigenvalue weighted by Gasteiger charge is 2.22. The number of hydrogen-bond donors (Lipinski definition) is 3. The molecule has 1 heterocycles. The maximum atomic E-state index is 12.3. The number of guanidine groups is 1. The van der Waals surface area contributed by atoms with E-state index >= 15 is 0 Å². The summed E-state index contributed by atoms with van der Waals surface area (Å²) in [4.78, 5) is 16.6. The maximum absolute atomic E-state index is 12.3. The van der Waals surface area contributed by atoms with Crippen molar-refractivity contribution in [2.45, 2.75) is 51.2 Å². The Balaban J connectivity index is 1.35. The summed E-state index contributed by atoms with van der Waals surface area (Å²) in [5, 5.41) is 9.69. The fraction of sp³-hybridized carbons (Fsp3) is 0.636. The number of carbonyl (C=O) groups excluding carboxylic acids is 1. The third-order valence-electron chi connectivity index (χ3n) is 5.46. The van der Waals surface area contributed by atoms with Gasteiger partial charge in [-0.3, -0.25) is 9.79 Å². The fourth-order valence-corrected chi connectivity index (χ4v) is 3.77. The van der Waals surface area contributed by atoms with E-state index in [2.05, 4.69) is 20.9 Å². The van der Waals surface area contributed by atoms with Gasteiger partial charge in [0.1, 0.15) is 0 Å². The highest BCUT2D eigenvalue weighted by molar-refractivity contribution is 5.92. The first-order valence-corrected chi connectivity index (χ1v) is 10.8. The van der Waals surface area contributed by atoms with E-state index in [1.807, 2.05) is 24.3 Å². The molecule has 160 valence electrons. The van der Waals surface area contributed by atoms with Gasteiger partial charge < -0.3 is 25.4 Å². The summed E-state index contributed by atoms with van der Waals surface area (Å²) in [7, 11) is 1.76. The molecule has 0 aromatic heterocycles. The second kappa shape index (κ2) is 11.8. The lowest BCUT2D eigenvalue weighted by atomic mass is 10.1. The third-order valence-corrected chi connectivity index (χ3v) is 5.46. The number of rotatable bonds is 9. The molecule has 1 atom stereocenters. The zero-order chi connectivity index (χ0) is 20.3. The van der Waals surface area contributed by atoms with Crippen LogP contribution in [0.3, 0.4) is 0 Å². The van der Waals surface area contributed by atoms with Crippen LogP contribution in [0.1, 0.15) is 44.1 Å². The standard InChI is InChI=1S/C22H34N4O3/c1-23-22(24-11-5-12-29-20-10-13-28-16-20)25-15-17-6-4-9-19(14-17)26-21(27)18-7-2-3-8-18/h4,6,9,14,18,20H,2-3,5,7-8,10-13,15-16H2,1H3,(H,26,27)(H2,23,24,25). The van der Waals surface area contributed by atoms with Gasteiger partial charge >= 0.3 is 0 Å². The fourth-order valence-electron chi connectivity index (χ4n) is 3.77. The van der Waals surface area contributed by atoms with Crippen molar-refractivity contribution < 1.29 is 14.3 Å². The van der Waals surface area contributed by atoms with E-state index < -0.39 is 0 Å². The Morgan fingerprint density at radius 2 is 2.10 bits per heavy atom. The zero-order valence-electron chi connectivity index (χ0n) is 17.4. The number of ether oxygens (including phenoxy) is 2. The van der Waals surface area contributed by atoms with Crippen LogP contribution in [0.2, 0.25) is 0 Å². The van der Waals surface area contributed by atoms with Crippen molar-refractivity contribution in [3.8, 4) is 0 Å². The van der Waals surface area contributed by atoms with Crippen LogP contribution in [0, 0.1) is 5.92 Å². The Kier molecular flexibility index (Phi) is 8.77. The Morgan fingerprint density at radius 3 is 2.86 bits per heavy atom. The number of hydrogen-bond acceptors (Lipinski definition) is 4. The molecule has 0 bridgehead atoms. The van der Waals surface area contributed by atoms with Crippen LogP contribution in [0.4, 0.5) is 5.69 Å². The SMILES string of the molecule is CN=C(NCCCOC1CCOC1)NCc1cccc(NC(=O)C2CCCC2)c1. The molecule has 0 spiro atoms. The molecule has 1 aromatic rings. The summed E-state index contributed by atoms with van der Waals surface area (Å²) in [6.07, 6.45) is 6.51. The van der Waals surface area contributed by atoms with E-state index in [0.29, 0.717) is 6.54 Å². The van der Waals surface area contributed by atoms with Crippen LogP contribution < -0.4 is 16.0 Å². The lowest BCUT2D eigenvalue weighted by Gasteiger charge is -2.14. The van der Waals surface area contributed by atoms with Gasteiger partial charge in [-0.15, -0.1) is 0 Å². The van der Waals surface area contributed by atoms with Crippen LogP contribution in [0.5, 0.6) is 0 Å². The van der Waals surface area contributed by atoms with Crippen molar-refractivity contribution >= 4 is 17.6 Å². The molecule has 1 unspecified atom stereocenters. The lowest BCUT2D eigenvalue weighted by Crippen LogP contribution is -2.37. The lowest BCUT2D eigenvalue weighted by molar-refractivity contribution is -0.119. The van der Waals surface area contributed by atoms with Crippen LogP contribution in [0.15, 0.2) is 29.3 Å². The molecule has 2 aliphatic rings. The van der Waals surface area contributed by atoms with E-state index in [-0.39, 0.29) is 17.9 Å². The summed E-state index contributed by atoms with van der Waals surface area (Å²) in [6.45, 7) is 3.69. The quantitative estimate of drug-likeness (QED) is 0.336. The molecule has 1 aromatic carbocycles. The molecule has 1 saturated carbocycles. The van der Waals surface area contributed by atoms with Gasteiger partial charge in [-0.2, -0.15) is 0 Å². The monoisotopic (exact) mass is 402 g/mol. The van der Waals surface area contributed by atoms with Crippen molar-refractivity contribution in [1.82, 2.24) is 10.6 Å². The number of aliphatic imine (C=N–C) groups is 1. The first kappa shape index (κ1) is 21.6. The largest absolute Gasteiger partial charge is 0.379 e. The predicted octanol–water partition coefficient (Wildman–Crippen LogP) is 2.68. The molecule has 1 aliphatic heterocycles. The summed E-state index contributed by atoms with van der Waals surface area (Å²) in [5.41, 5.74) is 1.96. The number of anilines is 1. The predicted molar refractivity (Wildman–Crippen MR) is 115 cm³/mol. The molecule has 7 nitrogen and oxygen atoms in total. The van der Waals surface area contributed by atoms with Gasteiger partial charge in [-0.05, 0) is 43.4 Å². The zero-order valence-corrected chi connectivity index (χ0v) is 17.4. The highest BCUT2D eigenvalue weighted by Crippen LogP contribution is 2.26. The number of nitrogens with one attached hydrogen (secondary N) is 3. The highest BCUT2D eigenvalue weighted by atomic mass is 16.5. The minimum Gasteiger partial charge on any atom is -0.379 e. The second-order valence-corrected chi connectivity index (χ2v) is 7.73. The molecule has 3 N–H and O–H groups in total. The smallest absolute Gasteiger partial charge is 0.227 e. The topological polar surface area (TPSA) is 84.0 Å². The van der Waals surface area contributed by atoms with E-state index in [0.717, 1.165) is 82.1 Å². The van der Waals surface area contributed by atoms with Gasteiger partial charge in [0.15, 0.2) is 5.96 Å². The van der Waals surface area contributed by atoms with Crippen LogP contribution >= 0.6 is 0 Å². The van der Waals surface area contributed by atoms with Gasteiger partial charge in [-0.25, -0.2) is 0 Å². The van der Waals surface area contributed by atoms with Gasteiger partial charge in [0, 0.05) is 45.0 Å². The normalized spacial score (nSPS) is 20.0. The average molecular weight is 403 g/mol. The molecule has 1 amide bonds. The molecule has 0 radical (unpaired) electrons. The number of benzene rings is 1. The molecular weight excluding hydrogens is 368 g/mol. The van der Waals surface area contributed by atoms with Crippen LogP contribution in [0.25, 0.3) is 0 Å². The Bertz CT molecular complexity index is 668.